The van der Waals surface area contributed by atoms with Crippen molar-refractivity contribution in [2.75, 3.05) is 30.0 Å². The zero-order chi connectivity index (χ0) is 21.5. The number of nitrogens with zero attached hydrogens (tertiary/aromatic N) is 4. The molecule has 6 rings (SSSR count). The maximum Gasteiger partial charge on any atom is 0.252 e. The first-order chi connectivity index (χ1) is 15.0. The summed E-state index contributed by atoms with van der Waals surface area (Å²) < 4.78 is 14.5. The summed E-state index contributed by atoms with van der Waals surface area (Å²) in [6.45, 7) is 1.22. The maximum absolute atomic E-state index is 14.5. The van der Waals surface area contributed by atoms with E-state index in [1.807, 2.05) is 9.80 Å². The third-order valence-electron chi connectivity index (χ3n) is 6.07. The van der Waals surface area contributed by atoms with Gasteiger partial charge in [0.1, 0.15) is 0 Å². The molecular weight excluding hydrogens is 401 g/mol. The average molecular weight is 425 g/mol. The molecule has 2 bridgehead atoms. The van der Waals surface area contributed by atoms with E-state index in [0.717, 1.165) is 25.5 Å². The number of piperidine rings is 1. The summed E-state index contributed by atoms with van der Waals surface area (Å²) in [5.41, 5.74) is 6.47. The molecule has 31 heavy (non-hydrogen) atoms. The van der Waals surface area contributed by atoms with Crippen molar-refractivity contribution in [3.8, 4) is 0 Å². The minimum Gasteiger partial charge on any atom is -0.350 e. The second-order valence-corrected chi connectivity index (χ2v) is 8.25. The summed E-state index contributed by atoms with van der Waals surface area (Å²) in [6.07, 6.45) is 4.11. The van der Waals surface area contributed by atoms with Gasteiger partial charge in [-0.25, -0.2) is 9.37 Å². The van der Waals surface area contributed by atoms with Crippen molar-refractivity contribution in [3.63, 3.8) is 0 Å². The number of carbonyl (C=O) groups is 2. The molecule has 9 nitrogen and oxygen atoms in total. The Morgan fingerprint density at radius 1 is 1.16 bits per heavy atom. The summed E-state index contributed by atoms with van der Waals surface area (Å²) in [7, 11) is 0. The number of nitrogens with two attached hydrogens (primary N) is 1. The molecule has 2 amide bonds. The van der Waals surface area contributed by atoms with Gasteiger partial charge in [0.25, 0.3) is 5.91 Å². The SMILES string of the molecule is NCNC(=O)c1ccc(Nc2ncc(F)c(N3CC4C[C@H](C3)N4C(=O)C3CC3)n2)cc1. The van der Waals surface area contributed by atoms with Crippen LogP contribution in [0.25, 0.3) is 0 Å². The summed E-state index contributed by atoms with van der Waals surface area (Å²) >= 11 is 0. The molecule has 10 heteroatoms. The quantitative estimate of drug-likeness (QED) is 0.596. The van der Waals surface area contributed by atoms with Gasteiger partial charge in [-0.2, -0.15) is 4.98 Å². The third kappa shape index (κ3) is 3.78. The van der Waals surface area contributed by atoms with Gasteiger partial charge in [0.05, 0.1) is 24.9 Å². The van der Waals surface area contributed by atoms with Crippen LogP contribution in [0.2, 0.25) is 0 Å². The summed E-state index contributed by atoms with van der Waals surface area (Å²) in [6, 6.07) is 7.00. The Hall–Kier alpha value is -3.27. The van der Waals surface area contributed by atoms with E-state index in [4.69, 9.17) is 5.73 Å². The van der Waals surface area contributed by atoms with Crippen LogP contribution in [0.3, 0.4) is 0 Å². The number of amides is 2. The normalized spacial score (nSPS) is 22.0. The molecule has 4 N–H and O–H groups in total. The van der Waals surface area contributed by atoms with Gasteiger partial charge in [0.15, 0.2) is 11.6 Å². The fourth-order valence-corrected chi connectivity index (χ4v) is 4.35. The molecule has 3 aliphatic heterocycles. The fourth-order valence-electron chi connectivity index (χ4n) is 4.35. The number of halogens is 1. The van der Waals surface area contributed by atoms with Gasteiger partial charge in [-0.3, -0.25) is 9.59 Å². The molecule has 1 saturated carbocycles. The van der Waals surface area contributed by atoms with Crippen molar-refractivity contribution in [1.82, 2.24) is 20.2 Å². The Balaban J connectivity index is 1.27. The van der Waals surface area contributed by atoms with Crippen LogP contribution in [0, 0.1) is 11.7 Å². The number of benzene rings is 1. The van der Waals surface area contributed by atoms with Crippen LogP contribution in [0.15, 0.2) is 30.5 Å². The highest BCUT2D eigenvalue weighted by atomic mass is 19.1. The van der Waals surface area contributed by atoms with Gasteiger partial charge in [0.2, 0.25) is 11.9 Å². The van der Waals surface area contributed by atoms with Crippen LogP contribution in [-0.4, -0.2) is 58.5 Å². The molecule has 162 valence electrons. The van der Waals surface area contributed by atoms with Crippen molar-refractivity contribution in [2.45, 2.75) is 31.3 Å². The summed E-state index contributed by atoms with van der Waals surface area (Å²) in [4.78, 5) is 36.5. The molecule has 0 radical (unpaired) electrons. The first-order valence-corrected chi connectivity index (χ1v) is 10.5. The van der Waals surface area contributed by atoms with Crippen LogP contribution in [-0.2, 0) is 4.79 Å². The second-order valence-electron chi connectivity index (χ2n) is 8.25. The predicted molar refractivity (Wildman–Crippen MR) is 112 cm³/mol. The Kier molecular flexibility index (Phi) is 4.93. The zero-order valence-corrected chi connectivity index (χ0v) is 16.9. The van der Waals surface area contributed by atoms with E-state index in [1.54, 1.807) is 24.3 Å². The Labute approximate surface area is 178 Å². The minimum atomic E-state index is -0.485. The predicted octanol–water partition coefficient (Wildman–Crippen LogP) is 1.20. The molecule has 1 unspecified atom stereocenters. The molecule has 4 heterocycles. The lowest BCUT2D eigenvalue weighted by atomic mass is 9.86. The summed E-state index contributed by atoms with van der Waals surface area (Å²) in [5, 5.41) is 5.57. The van der Waals surface area contributed by atoms with Gasteiger partial charge >= 0.3 is 0 Å². The fraction of sp³-hybridized carbons (Fsp3) is 0.429. The van der Waals surface area contributed by atoms with Crippen LogP contribution in [0.5, 0.6) is 0 Å². The number of anilines is 3. The molecule has 2 aromatic rings. The number of hydrogen-bond acceptors (Lipinski definition) is 7. The maximum atomic E-state index is 14.5. The third-order valence-corrected chi connectivity index (χ3v) is 6.07. The van der Waals surface area contributed by atoms with Crippen molar-refractivity contribution in [3.05, 3.63) is 41.8 Å². The largest absolute Gasteiger partial charge is 0.350 e. The van der Waals surface area contributed by atoms with E-state index in [1.165, 1.54) is 0 Å². The highest BCUT2D eigenvalue weighted by Crippen LogP contribution is 2.40. The molecule has 2 atom stereocenters. The van der Waals surface area contributed by atoms with Gasteiger partial charge in [0, 0.05) is 30.3 Å². The lowest BCUT2D eigenvalue weighted by Crippen LogP contribution is -2.70. The van der Waals surface area contributed by atoms with E-state index in [9.17, 15) is 14.0 Å². The van der Waals surface area contributed by atoms with E-state index in [-0.39, 0.29) is 48.3 Å². The lowest BCUT2D eigenvalue weighted by molar-refractivity contribution is -0.147. The van der Waals surface area contributed by atoms with E-state index < -0.39 is 5.82 Å². The molecular formula is C21H24FN7O2. The molecule has 4 aliphatic rings. The first-order valence-electron chi connectivity index (χ1n) is 10.5. The van der Waals surface area contributed by atoms with Gasteiger partial charge < -0.3 is 26.2 Å². The Morgan fingerprint density at radius 2 is 1.87 bits per heavy atom. The number of hydrogen-bond donors (Lipinski definition) is 3. The van der Waals surface area contributed by atoms with E-state index in [2.05, 4.69) is 20.6 Å². The molecule has 4 fully saturated rings. The lowest BCUT2D eigenvalue weighted by Gasteiger charge is -2.56. The van der Waals surface area contributed by atoms with Crippen LogP contribution < -0.4 is 21.3 Å². The molecule has 3 saturated heterocycles. The van der Waals surface area contributed by atoms with Crippen molar-refractivity contribution in [1.29, 1.82) is 0 Å². The van der Waals surface area contributed by atoms with E-state index in [0.29, 0.717) is 24.3 Å². The topological polar surface area (TPSA) is 116 Å². The summed E-state index contributed by atoms with van der Waals surface area (Å²) in [5.74, 6) is 0.226. The monoisotopic (exact) mass is 425 g/mol. The number of aromatic nitrogens is 2. The van der Waals surface area contributed by atoms with Gasteiger partial charge in [-0.15, -0.1) is 0 Å². The first kappa shape index (κ1) is 19.7. The number of carbonyl (C=O) groups excluding carboxylic acids is 2. The molecule has 1 aromatic carbocycles. The number of fused-ring (bicyclic) bond motifs is 2. The van der Waals surface area contributed by atoms with Crippen molar-refractivity contribution < 1.29 is 14.0 Å². The van der Waals surface area contributed by atoms with Crippen molar-refractivity contribution in [2.24, 2.45) is 11.7 Å². The van der Waals surface area contributed by atoms with Gasteiger partial charge in [-0.1, -0.05) is 0 Å². The minimum absolute atomic E-state index is 0.0652. The number of piperazine rings is 1. The van der Waals surface area contributed by atoms with Crippen LogP contribution in [0.1, 0.15) is 29.6 Å². The Bertz CT molecular complexity index is 999. The highest BCUT2D eigenvalue weighted by molar-refractivity contribution is 5.94. The zero-order valence-electron chi connectivity index (χ0n) is 16.9. The second kappa shape index (κ2) is 7.77. The molecule has 1 aliphatic carbocycles. The highest BCUT2D eigenvalue weighted by Gasteiger charge is 2.50. The van der Waals surface area contributed by atoms with E-state index >= 15 is 0 Å². The standard InChI is InChI=1S/C21H24FN7O2/c22-17-8-24-21(26-14-5-3-12(4-6-14)19(30)25-11-23)27-18(17)28-9-15-7-16(10-28)29(15)20(31)13-1-2-13/h3-6,8,13,15-16H,1-2,7,9-11,23H2,(H,25,30)(H,24,26,27)/t15-,16?/m1/s1. The van der Waals surface area contributed by atoms with Crippen molar-refractivity contribution >= 4 is 29.3 Å². The molecule has 1 aromatic heterocycles. The van der Waals surface area contributed by atoms with Gasteiger partial charge in [-0.05, 0) is 43.5 Å². The smallest absolute Gasteiger partial charge is 0.252 e. The number of rotatable bonds is 6. The van der Waals surface area contributed by atoms with Crippen LogP contribution in [0.4, 0.5) is 21.8 Å². The van der Waals surface area contributed by atoms with Crippen LogP contribution >= 0.6 is 0 Å². The Morgan fingerprint density at radius 3 is 2.52 bits per heavy atom. The number of nitrogens with one attached hydrogen (secondary N) is 2. The molecule has 0 spiro atoms. The average Bonchev–Trinajstić information content (AvgIpc) is 3.61.